The Morgan fingerprint density at radius 2 is 1.69 bits per heavy atom. The van der Waals surface area contributed by atoms with Gasteiger partial charge in [-0.1, -0.05) is 42.0 Å². The maximum Gasteiger partial charge on any atom is 0.224 e. The minimum absolute atomic E-state index is 0.00887. The fraction of sp³-hybridized carbons (Fsp3) is 0.367. The van der Waals surface area contributed by atoms with E-state index in [9.17, 15) is 4.79 Å². The standard InChI is InChI=1S/C30H35N3O3/c1-22-7-10-24(11-8-22)20-33-26(21-36-29-17-23(2)9-12-28(29)33)19-30(34)32-15-13-31(14-16-32)25-5-4-6-27(18-25)35-3/h4-12,17-18,26H,13-16,19-21H2,1-3H3/t26-/m1/s1. The first-order valence-electron chi connectivity index (χ1n) is 12.7. The van der Waals surface area contributed by atoms with Crippen molar-refractivity contribution in [2.45, 2.75) is 32.9 Å². The highest BCUT2D eigenvalue weighted by Gasteiger charge is 2.32. The van der Waals surface area contributed by atoms with Crippen LogP contribution in [0.5, 0.6) is 11.5 Å². The van der Waals surface area contributed by atoms with Crippen LogP contribution in [0.25, 0.3) is 0 Å². The highest BCUT2D eigenvalue weighted by Crippen LogP contribution is 2.37. The zero-order chi connectivity index (χ0) is 25.1. The van der Waals surface area contributed by atoms with Crippen molar-refractivity contribution in [1.82, 2.24) is 4.90 Å². The number of nitrogens with zero attached hydrogens (tertiary/aromatic N) is 3. The van der Waals surface area contributed by atoms with E-state index in [1.807, 2.05) is 17.0 Å². The van der Waals surface area contributed by atoms with Crippen molar-refractivity contribution >= 4 is 17.3 Å². The third-order valence-electron chi connectivity index (χ3n) is 7.23. The van der Waals surface area contributed by atoms with Gasteiger partial charge in [0.05, 0.1) is 25.3 Å². The van der Waals surface area contributed by atoms with E-state index in [1.165, 1.54) is 16.7 Å². The number of amides is 1. The molecule has 0 unspecified atom stereocenters. The van der Waals surface area contributed by atoms with Gasteiger partial charge in [0, 0.05) is 44.5 Å². The second-order valence-electron chi connectivity index (χ2n) is 9.82. The molecular weight excluding hydrogens is 450 g/mol. The molecule has 1 amide bonds. The molecule has 5 rings (SSSR count). The summed E-state index contributed by atoms with van der Waals surface area (Å²) in [6.45, 7) is 8.51. The lowest BCUT2D eigenvalue weighted by molar-refractivity contribution is -0.132. The predicted octanol–water partition coefficient (Wildman–Crippen LogP) is 4.82. The highest BCUT2D eigenvalue weighted by atomic mass is 16.5. The van der Waals surface area contributed by atoms with Crippen LogP contribution in [0.2, 0.25) is 0 Å². The van der Waals surface area contributed by atoms with Crippen LogP contribution in [0.4, 0.5) is 11.4 Å². The van der Waals surface area contributed by atoms with Crippen molar-refractivity contribution in [2.24, 2.45) is 0 Å². The van der Waals surface area contributed by atoms with E-state index >= 15 is 0 Å². The molecule has 6 nitrogen and oxygen atoms in total. The van der Waals surface area contributed by atoms with Crippen molar-refractivity contribution in [1.29, 1.82) is 0 Å². The molecule has 0 aromatic heterocycles. The Morgan fingerprint density at radius 3 is 2.44 bits per heavy atom. The minimum Gasteiger partial charge on any atom is -0.497 e. The van der Waals surface area contributed by atoms with Gasteiger partial charge in [-0.3, -0.25) is 4.79 Å². The normalized spacial score (nSPS) is 17.4. The van der Waals surface area contributed by atoms with E-state index in [0.29, 0.717) is 13.0 Å². The second-order valence-corrected chi connectivity index (χ2v) is 9.82. The molecule has 0 N–H and O–H groups in total. The van der Waals surface area contributed by atoms with Crippen molar-refractivity contribution in [2.75, 3.05) is 49.7 Å². The zero-order valence-electron chi connectivity index (χ0n) is 21.4. The van der Waals surface area contributed by atoms with Crippen LogP contribution in [0.1, 0.15) is 23.1 Å². The Bertz CT molecular complexity index is 1200. The number of carbonyl (C=O) groups is 1. The molecule has 3 aromatic rings. The monoisotopic (exact) mass is 485 g/mol. The van der Waals surface area contributed by atoms with Crippen LogP contribution >= 0.6 is 0 Å². The van der Waals surface area contributed by atoms with Gasteiger partial charge in [0.2, 0.25) is 5.91 Å². The fourth-order valence-corrected chi connectivity index (χ4v) is 5.07. The van der Waals surface area contributed by atoms with E-state index in [2.05, 4.69) is 78.2 Å². The van der Waals surface area contributed by atoms with E-state index < -0.39 is 0 Å². The second kappa shape index (κ2) is 10.5. The molecule has 0 radical (unpaired) electrons. The number of aryl methyl sites for hydroxylation is 2. The number of anilines is 2. The van der Waals surface area contributed by atoms with Crippen LogP contribution in [0, 0.1) is 13.8 Å². The summed E-state index contributed by atoms with van der Waals surface area (Å²) in [5.74, 6) is 1.95. The number of piperazine rings is 1. The molecule has 0 aliphatic carbocycles. The van der Waals surface area contributed by atoms with E-state index in [-0.39, 0.29) is 11.9 Å². The molecule has 36 heavy (non-hydrogen) atoms. The molecule has 1 fully saturated rings. The molecule has 2 heterocycles. The zero-order valence-corrected chi connectivity index (χ0v) is 21.4. The average Bonchev–Trinajstić information content (AvgIpc) is 2.91. The third-order valence-corrected chi connectivity index (χ3v) is 7.23. The van der Waals surface area contributed by atoms with Gasteiger partial charge >= 0.3 is 0 Å². The van der Waals surface area contributed by atoms with E-state index in [4.69, 9.17) is 9.47 Å². The molecule has 3 aromatic carbocycles. The summed E-state index contributed by atoms with van der Waals surface area (Å²) in [5, 5.41) is 0. The van der Waals surface area contributed by atoms with Crippen molar-refractivity contribution < 1.29 is 14.3 Å². The van der Waals surface area contributed by atoms with Gasteiger partial charge in [0.1, 0.15) is 18.1 Å². The highest BCUT2D eigenvalue weighted by molar-refractivity contribution is 5.78. The molecule has 2 aliphatic heterocycles. The van der Waals surface area contributed by atoms with Gasteiger partial charge in [-0.15, -0.1) is 0 Å². The van der Waals surface area contributed by atoms with Crippen LogP contribution in [-0.4, -0.2) is 56.7 Å². The quantitative estimate of drug-likeness (QED) is 0.501. The molecule has 2 aliphatic rings. The summed E-state index contributed by atoms with van der Waals surface area (Å²) in [7, 11) is 1.69. The first kappa shape index (κ1) is 24.0. The lowest BCUT2D eigenvalue weighted by Crippen LogP contribution is -2.51. The summed E-state index contributed by atoms with van der Waals surface area (Å²) < 4.78 is 11.5. The van der Waals surface area contributed by atoms with Crippen LogP contribution in [0.15, 0.2) is 66.7 Å². The Balaban J connectivity index is 1.27. The van der Waals surface area contributed by atoms with Gasteiger partial charge in [-0.2, -0.15) is 0 Å². The van der Waals surface area contributed by atoms with E-state index in [1.54, 1.807) is 7.11 Å². The molecule has 0 saturated carbocycles. The van der Waals surface area contributed by atoms with Crippen LogP contribution in [0.3, 0.4) is 0 Å². The van der Waals surface area contributed by atoms with Crippen molar-refractivity contribution in [3.63, 3.8) is 0 Å². The van der Waals surface area contributed by atoms with Gasteiger partial charge in [-0.05, 0) is 49.2 Å². The Kier molecular flexibility index (Phi) is 7.03. The smallest absolute Gasteiger partial charge is 0.224 e. The molecule has 0 spiro atoms. The SMILES string of the molecule is COc1cccc(N2CCN(C(=O)C[C@@H]3COc4cc(C)ccc4N3Cc3ccc(C)cc3)CC2)c1. The van der Waals surface area contributed by atoms with Gasteiger partial charge in [0.15, 0.2) is 0 Å². The summed E-state index contributed by atoms with van der Waals surface area (Å²) in [5.41, 5.74) is 5.86. The van der Waals surface area contributed by atoms with Gasteiger partial charge < -0.3 is 24.2 Å². The van der Waals surface area contributed by atoms with Gasteiger partial charge in [-0.25, -0.2) is 0 Å². The Hall–Kier alpha value is -3.67. The number of benzene rings is 3. The lowest BCUT2D eigenvalue weighted by atomic mass is 10.0. The third kappa shape index (κ3) is 5.27. The average molecular weight is 486 g/mol. The molecule has 6 heteroatoms. The fourth-order valence-electron chi connectivity index (χ4n) is 5.07. The maximum absolute atomic E-state index is 13.4. The first-order chi connectivity index (χ1) is 17.5. The van der Waals surface area contributed by atoms with Crippen LogP contribution in [-0.2, 0) is 11.3 Å². The summed E-state index contributed by atoms with van der Waals surface area (Å²) in [6.07, 6.45) is 0.443. The summed E-state index contributed by atoms with van der Waals surface area (Å²) >= 11 is 0. The number of hydrogen-bond donors (Lipinski definition) is 0. The minimum atomic E-state index is -0.00887. The van der Waals surface area contributed by atoms with Gasteiger partial charge in [0.25, 0.3) is 0 Å². The molecule has 0 bridgehead atoms. The number of hydrogen-bond acceptors (Lipinski definition) is 5. The number of carbonyl (C=O) groups excluding carboxylic acids is 1. The largest absolute Gasteiger partial charge is 0.497 e. The summed E-state index contributed by atoms with van der Waals surface area (Å²) in [6, 6.07) is 23.1. The Morgan fingerprint density at radius 1 is 0.944 bits per heavy atom. The van der Waals surface area contributed by atoms with Crippen molar-refractivity contribution in [3.05, 3.63) is 83.4 Å². The molecular formula is C30H35N3O3. The predicted molar refractivity (Wildman–Crippen MR) is 144 cm³/mol. The first-order valence-corrected chi connectivity index (χ1v) is 12.7. The van der Waals surface area contributed by atoms with Crippen molar-refractivity contribution in [3.8, 4) is 11.5 Å². The van der Waals surface area contributed by atoms with Crippen LogP contribution < -0.4 is 19.3 Å². The maximum atomic E-state index is 13.4. The number of methoxy groups -OCH3 is 1. The number of rotatable bonds is 6. The number of ether oxygens (including phenoxy) is 2. The molecule has 1 saturated heterocycles. The molecule has 1 atom stereocenters. The lowest BCUT2D eigenvalue weighted by Gasteiger charge is -2.41. The number of fused-ring (bicyclic) bond motifs is 1. The topological polar surface area (TPSA) is 45.3 Å². The summed E-state index contributed by atoms with van der Waals surface area (Å²) in [4.78, 5) is 20.1. The molecule has 188 valence electrons. The van der Waals surface area contributed by atoms with E-state index in [0.717, 1.165) is 55.6 Å². The Labute approximate surface area is 214 Å².